The first kappa shape index (κ1) is 20.1. The number of likely N-dealkylation sites (tertiary alicyclic amines) is 1. The number of carbonyl (C=O) groups is 3. The molecule has 4 aliphatic rings. The van der Waals surface area contributed by atoms with E-state index in [1.54, 1.807) is 16.7 Å². The smallest absolute Gasteiger partial charge is 0.250 e. The standard InChI is InChI=1S/C23H29N3O3S/c1-12-8-9-15-19(13(12)2)24-22(29)23(15)18-17(16(25-23)10-11-30-3)20(27)26(21(18)28)14-6-4-5-7-14/h8-9,14,16-18,25H,4-7,10-11H2,1-3H3,(H,24,29)/t16?,17-,18+,23?/m1/s1. The van der Waals surface area contributed by atoms with Gasteiger partial charge >= 0.3 is 0 Å². The molecule has 0 aromatic heterocycles. The second kappa shape index (κ2) is 7.09. The number of hydrogen-bond donors (Lipinski definition) is 2. The summed E-state index contributed by atoms with van der Waals surface area (Å²) in [5.41, 5.74) is 2.60. The van der Waals surface area contributed by atoms with Crippen LogP contribution in [0.1, 0.15) is 48.8 Å². The number of imide groups is 1. The highest BCUT2D eigenvalue weighted by Gasteiger charge is 2.70. The fraction of sp³-hybridized carbons (Fsp3) is 0.609. The van der Waals surface area contributed by atoms with E-state index < -0.39 is 17.4 Å². The molecule has 2 N–H and O–H groups in total. The van der Waals surface area contributed by atoms with Crippen molar-refractivity contribution in [1.82, 2.24) is 10.2 Å². The van der Waals surface area contributed by atoms with Crippen molar-refractivity contribution in [1.29, 1.82) is 0 Å². The molecule has 4 atom stereocenters. The number of benzene rings is 1. The van der Waals surface area contributed by atoms with Crippen molar-refractivity contribution in [3.63, 3.8) is 0 Å². The van der Waals surface area contributed by atoms with E-state index in [4.69, 9.17) is 0 Å². The Bertz CT molecular complexity index is 942. The van der Waals surface area contributed by atoms with E-state index >= 15 is 0 Å². The largest absolute Gasteiger partial charge is 0.324 e. The summed E-state index contributed by atoms with van der Waals surface area (Å²) in [6.45, 7) is 4.02. The highest BCUT2D eigenvalue weighted by Crippen LogP contribution is 2.55. The Morgan fingerprint density at radius 1 is 1.13 bits per heavy atom. The summed E-state index contributed by atoms with van der Waals surface area (Å²) in [5.74, 6) is -0.676. The minimum absolute atomic E-state index is 0.00228. The van der Waals surface area contributed by atoms with E-state index in [1.165, 1.54) is 0 Å². The molecule has 3 amide bonds. The third-order valence-electron chi connectivity index (χ3n) is 7.78. The van der Waals surface area contributed by atoms with E-state index in [2.05, 4.69) is 10.6 Å². The zero-order valence-electron chi connectivity index (χ0n) is 17.8. The van der Waals surface area contributed by atoms with E-state index in [9.17, 15) is 14.4 Å². The molecule has 3 fully saturated rings. The van der Waals surface area contributed by atoms with Gasteiger partial charge in [0.1, 0.15) is 5.54 Å². The average Bonchev–Trinajstić information content (AvgIpc) is 3.46. The lowest BCUT2D eigenvalue weighted by Gasteiger charge is -2.31. The number of nitrogens with zero attached hydrogens (tertiary/aromatic N) is 1. The molecule has 0 bridgehead atoms. The maximum absolute atomic E-state index is 13.8. The molecule has 0 radical (unpaired) electrons. The molecule has 7 heteroatoms. The molecule has 30 heavy (non-hydrogen) atoms. The molecule has 1 spiro atoms. The number of fused-ring (bicyclic) bond motifs is 4. The average molecular weight is 428 g/mol. The zero-order chi connectivity index (χ0) is 21.2. The molecule has 6 nitrogen and oxygen atoms in total. The SMILES string of the molecule is CSCCC1NC2(C(=O)Nc3c2ccc(C)c3C)[C@@H]2C(=O)N(C3CCCC3)C(=O)[C@H]12. The van der Waals surface area contributed by atoms with Gasteiger partial charge in [-0.15, -0.1) is 0 Å². The fourth-order valence-corrected chi connectivity index (χ4v) is 6.65. The molecule has 5 rings (SSSR count). The first-order chi connectivity index (χ1) is 14.4. The number of nitrogens with one attached hydrogen (secondary N) is 2. The van der Waals surface area contributed by atoms with Gasteiger partial charge in [0.15, 0.2) is 0 Å². The van der Waals surface area contributed by atoms with Gasteiger partial charge in [-0.3, -0.25) is 24.6 Å². The maximum Gasteiger partial charge on any atom is 0.250 e. The second-order valence-electron chi connectivity index (χ2n) is 9.21. The van der Waals surface area contributed by atoms with Crippen molar-refractivity contribution in [3.05, 3.63) is 28.8 Å². The zero-order valence-corrected chi connectivity index (χ0v) is 18.6. The van der Waals surface area contributed by atoms with Crippen LogP contribution >= 0.6 is 11.8 Å². The Morgan fingerprint density at radius 3 is 2.57 bits per heavy atom. The summed E-state index contributed by atoms with van der Waals surface area (Å²) in [4.78, 5) is 42.4. The molecule has 160 valence electrons. The summed E-state index contributed by atoms with van der Waals surface area (Å²) in [7, 11) is 0. The summed E-state index contributed by atoms with van der Waals surface area (Å²) in [5, 5.41) is 6.59. The van der Waals surface area contributed by atoms with Crippen LogP contribution in [0.15, 0.2) is 12.1 Å². The fourth-order valence-electron chi connectivity index (χ4n) is 6.16. The van der Waals surface area contributed by atoms with Crippen molar-refractivity contribution in [2.45, 2.75) is 63.6 Å². The molecule has 1 aliphatic carbocycles. The van der Waals surface area contributed by atoms with Crippen molar-refractivity contribution >= 4 is 35.2 Å². The number of aryl methyl sites for hydroxylation is 1. The normalized spacial score (nSPS) is 33.0. The monoisotopic (exact) mass is 427 g/mol. The van der Waals surface area contributed by atoms with Gasteiger partial charge in [0.2, 0.25) is 17.7 Å². The van der Waals surface area contributed by atoms with Gasteiger partial charge in [-0.25, -0.2) is 0 Å². The van der Waals surface area contributed by atoms with Gasteiger partial charge in [-0.1, -0.05) is 25.0 Å². The van der Waals surface area contributed by atoms with E-state index in [-0.39, 0.29) is 29.8 Å². The Balaban J connectivity index is 1.64. The van der Waals surface area contributed by atoms with Crippen LogP contribution in [-0.2, 0) is 19.9 Å². The van der Waals surface area contributed by atoms with Crippen molar-refractivity contribution in [3.8, 4) is 0 Å². The Kier molecular flexibility index (Phi) is 4.74. The molecular formula is C23H29N3O3S. The number of thioether (sulfide) groups is 1. The van der Waals surface area contributed by atoms with Gasteiger partial charge in [-0.2, -0.15) is 11.8 Å². The number of carbonyl (C=O) groups excluding carboxylic acids is 3. The van der Waals surface area contributed by atoms with E-state index in [0.717, 1.165) is 60.2 Å². The van der Waals surface area contributed by atoms with Crippen LogP contribution in [0.2, 0.25) is 0 Å². The summed E-state index contributed by atoms with van der Waals surface area (Å²) < 4.78 is 0. The van der Waals surface area contributed by atoms with Crippen molar-refractivity contribution < 1.29 is 14.4 Å². The number of hydrogen-bond acceptors (Lipinski definition) is 5. The molecule has 1 saturated carbocycles. The minimum atomic E-state index is -1.15. The predicted molar refractivity (Wildman–Crippen MR) is 117 cm³/mol. The molecule has 2 saturated heterocycles. The third-order valence-corrected chi connectivity index (χ3v) is 8.42. The van der Waals surface area contributed by atoms with Gasteiger partial charge in [0.05, 0.1) is 11.8 Å². The lowest BCUT2D eigenvalue weighted by molar-refractivity contribution is -0.145. The molecular weight excluding hydrogens is 398 g/mol. The van der Waals surface area contributed by atoms with Crippen LogP contribution in [-0.4, -0.2) is 46.7 Å². The van der Waals surface area contributed by atoms with Gasteiger partial charge in [0.25, 0.3) is 0 Å². The molecule has 1 aromatic rings. The maximum atomic E-state index is 13.8. The van der Waals surface area contributed by atoms with Crippen LogP contribution in [0.4, 0.5) is 5.69 Å². The van der Waals surface area contributed by atoms with E-state index in [0.29, 0.717) is 0 Å². The first-order valence-corrected chi connectivity index (χ1v) is 12.4. The molecule has 3 aliphatic heterocycles. The highest BCUT2D eigenvalue weighted by molar-refractivity contribution is 7.98. The van der Waals surface area contributed by atoms with Crippen LogP contribution in [0.3, 0.4) is 0 Å². The second-order valence-corrected chi connectivity index (χ2v) is 10.2. The van der Waals surface area contributed by atoms with Crippen molar-refractivity contribution in [2.75, 3.05) is 17.3 Å². The van der Waals surface area contributed by atoms with Crippen LogP contribution in [0.5, 0.6) is 0 Å². The lowest BCUT2D eigenvalue weighted by Crippen LogP contribution is -2.54. The van der Waals surface area contributed by atoms with Crippen LogP contribution in [0.25, 0.3) is 0 Å². The quantitative estimate of drug-likeness (QED) is 0.723. The molecule has 1 aromatic carbocycles. The summed E-state index contributed by atoms with van der Waals surface area (Å²) in [6, 6.07) is 3.80. The third kappa shape index (κ3) is 2.51. The van der Waals surface area contributed by atoms with Gasteiger partial charge in [-0.05, 0) is 56.2 Å². The topological polar surface area (TPSA) is 78.5 Å². The van der Waals surface area contributed by atoms with Gasteiger partial charge in [0, 0.05) is 23.3 Å². The Labute approximate surface area is 181 Å². The molecule has 2 unspecified atom stereocenters. The Hall–Kier alpha value is -1.86. The highest BCUT2D eigenvalue weighted by atomic mass is 32.2. The summed E-state index contributed by atoms with van der Waals surface area (Å²) >= 11 is 1.72. The minimum Gasteiger partial charge on any atom is -0.324 e. The first-order valence-electron chi connectivity index (χ1n) is 11.0. The number of amides is 3. The van der Waals surface area contributed by atoms with Crippen molar-refractivity contribution in [2.24, 2.45) is 11.8 Å². The predicted octanol–water partition coefficient (Wildman–Crippen LogP) is 2.72. The molecule has 3 heterocycles. The summed E-state index contributed by atoms with van der Waals surface area (Å²) in [6.07, 6.45) is 6.67. The van der Waals surface area contributed by atoms with Gasteiger partial charge < -0.3 is 5.32 Å². The number of rotatable bonds is 4. The number of anilines is 1. The Morgan fingerprint density at radius 2 is 1.87 bits per heavy atom. The van der Waals surface area contributed by atoms with E-state index in [1.807, 2.05) is 32.2 Å². The van der Waals surface area contributed by atoms with Crippen LogP contribution in [0, 0.1) is 25.7 Å². The van der Waals surface area contributed by atoms with Crippen LogP contribution < -0.4 is 10.6 Å². The lowest BCUT2D eigenvalue weighted by atomic mass is 9.76.